The average Bonchev–Trinajstić information content (AvgIpc) is 3.07. The van der Waals surface area contributed by atoms with E-state index in [9.17, 15) is 19.5 Å². The highest BCUT2D eigenvalue weighted by molar-refractivity contribution is 9.10. The van der Waals surface area contributed by atoms with Crippen molar-refractivity contribution in [2.75, 3.05) is 62.2 Å². The predicted octanol–water partition coefficient (Wildman–Crippen LogP) is 8.25. The number of fused-ring (bicyclic) bond motifs is 2. The lowest BCUT2D eigenvalue weighted by molar-refractivity contribution is 0.0230. The molecule has 0 unspecified atom stereocenters. The van der Waals surface area contributed by atoms with Gasteiger partial charge < -0.3 is 34.2 Å². The number of nitrogens with zero attached hydrogens (tertiary/aromatic N) is 4. The number of carbonyl (C=O) groups excluding carboxylic acids is 2. The van der Waals surface area contributed by atoms with Gasteiger partial charge in [-0.2, -0.15) is 0 Å². The van der Waals surface area contributed by atoms with Crippen molar-refractivity contribution in [2.24, 2.45) is 0 Å². The number of amides is 2. The topological polar surface area (TPSA) is 103 Å². The van der Waals surface area contributed by atoms with Crippen molar-refractivity contribution in [1.29, 1.82) is 0 Å². The van der Waals surface area contributed by atoms with Crippen molar-refractivity contribution in [3.8, 4) is 0 Å². The third kappa shape index (κ3) is 8.98. The summed E-state index contributed by atoms with van der Waals surface area (Å²) in [6.07, 6.45) is -0.508. The maximum absolute atomic E-state index is 12.2. The van der Waals surface area contributed by atoms with E-state index in [1.807, 2.05) is 71.9 Å². The molecule has 266 valence electrons. The molecule has 4 aromatic rings. The number of benzene rings is 4. The summed E-state index contributed by atoms with van der Waals surface area (Å²) in [5.41, 5.74) is 1.57. The molecule has 0 saturated carbocycles. The van der Waals surface area contributed by atoms with Crippen LogP contribution in [0.15, 0.2) is 77.3 Å². The number of piperazine rings is 2. The van der Waals surface area contributed by atoms with Gasteiger partial charge in [-0.3, -0.25) is 0 Å². The molecule has 0 aromatic heterocycles. The van der Waals surface area contributed by atoms with Crippen molar-refractivity contribution in [3.63, 3.8) is 0 Å². The first-order chi connectivity index (χ1) is 23.6. The summed E-state index contributed by atoms with van der Waals surface area (Å²) in [7, 11) is 0. The minimum absolute atomic E-state index is 0.220. The maximum atomic E-state index is 12.2. The predicted molar refractivity (Wildman–Crippen MR) is 203 cm³/mol. The molecular formula is C39H47BrN4O6. The molecule has 50 heavy (non-hydrogen) atoms. The van der Waals surface area contributed by atoms with Crippen LogP contribution in [-0.4, -0.2) is 96.6 Å². The Hall–Kier alpha value is -4.51. The summed E-state index contributed by atoms with van der Waals surface area (Å²) >= 11 is 3.62. The second kappa shape index (κ2) is 15.2. The molecule has 2 fully saturated rings. The van der Waals surface area contributed by atoms with E-state index in [1.54, 1.807) is 15.9 Å². The first kappa shape index (κ1) is 36.8. The summed E-state index contributed by atoms with van der Waals surface area (Å²) < 4.78 is 12.0. The summed E-state index contributed by atoms with van der Waals surface area (Å²) in [5.74, 6) is -0.928. The minimum atomic E-state index is -0.928. The van der Waals surface area contributed by atoms with Gasteiger partial charge in [0.05, 0.1) is 5.56 Å². The fourth-order valence-electron chi connectivity index (χ4n) is 6.18. The molecule has 2 aliphatic rings. The fourth-order valence-corrected chi connectivity index (χ4v) is 6.66. The minimum Gasteiger partial charge on any atom is -0.478 e. The Labute approximate surface area is 302 Å². The van der Waals surface area contributed by atoms with Gasteiger partial charge in [0.15, 0.2) is 0 Å². The lowest BCUT2D eigenvalue weighted by Gasteiger charge is -2.37. The first-order valence-corrected chi connectivity index (χ1v) is 17.8. The number of hydrogen-bond donors (Lipinski definition) is 1. The highest BCUT2D eigenvalue weighted by Gasteiger charge is 2.28. The van der Waals surface area contributed by atoms with Gasteiger partial charge in [-0.25, -0.2) is 14.4 Å². The lowest BCUT2D eigenvalue weighted by Crippen LogP contribution is -2.50. The second-order valence-electron chi connectivity index (χ2n) is 14.5. The quantitative estimate of drug-likeness (QED) is 0.224. The van der Waals surface area contributed by atoms with E-state index in [1.165, 1.54) is 16.5 Å². The van der Waals surface area contributed by atoms with Crippen LogP contribution in [-0.2, 0) is 9.47 Å². The Morgan fingerprint density at radius 2 is 0.940 bits per heavy atom. The lowest BCUT2D eigenvalue weighted by atomic mass is 10.0. The highest BCUT2D eigenvalue weighted by Crippen LogP contribution is 2.33. The number of hydrogen-bond acceptors (Lipinski definition) is 7. The zero-order valence-electron chi connectivity index (χ0n) is 29.7. The van der Waals surface area contributed by atoms with Crippen LogP contribution in [0.2, 0.25) is 0 Å². The Kier molecular flexibility index (Phi) is 11.2. The third-order valence-electron chi connectivity index (χ3n) is 8.52. The van der Waals surface area contributed by atoms with E-state index in [0.29, 0.717) is 44.8 Å². The third-order valence-corrected chi connectivity index (χ3v) is 9.21. The molecule has 0 radical (unpaired) electrons. The number of aromatic carboxylic acids is 1. The van der Waals surface area contributed by atoms with E-state index in [2.05, 4.69) is 62.1 Å². The Morgan fingerprint density at radius 1 is 0.560 bits per heavy atom. The molecule has 2 saturated heterocycles. The van der Waals surface area contributed by atoms with Crippen LogP contribution in [0.1, 0.15) is 51.9 Å². The van der Waals surface area contributed by atoms with Crippen LogP contribution >= 0.6 is 15.9 Å². The van der Waals surface area contributed by atoms with Gasteiger partial charge in [0.1, 0.15) is 11.2 Å². The number of carbonyl (C=O) groups is 3. The largest absolute Gasteiger partial charge is 0.478 e. The molecule has 0 bridgehead atoms. The zero-order valence-corrected chi connectivity index (χ0v) is 31.3. The summed E-state index contributed by atoms with van der Waals surface area (Å²) in [6, 6.07) is 23.7. The molecule has 2 heterocycles. The number of carboxylic acids is 1. The van der Waals surface area contributed by atoms with E-state index in [4.69, 9.17) is 9.47 Å². The van der Waals surface area contributed by atoms with Crippen LogP contribution in [0.4, 0.5) is 21.0 Å². The highest BCUT2D eigenvalue weighted by atomic mass is 79.9. The van der Waals surface area contributed by atoms with Crippen molar-refractivity contribution in [3.05, 3.63) is 82.8 Å². The van der Waals surface area contributed by atoms with Crippen LogP contribution in [0, 0.1) is 0 Å². The zero-order chi connectivity index (χ0) is 36.2. The normalized spacial score (nSPS) is 15.4. The van der Waals surface area contributed by atoms with Gasteiger partial charge in [-0.15, -0.1) is 0 Å². The summed E-state index contributed by atoms with van der Waals surface area (Å²) in [4.78, 5) is 43.9. The molecule has 11 heteroatoms. The number of ether oxygens (including phenoxy) is 2. The standard InChI is InChI=1S/C20H24N2O4.C19H23BrN2O2/c1-20(2,3)26-19(25)22-12-10-21(11-13-22)17-9-8-16(18(23)24)14-6-4-5-7-15(14)17;1-19(2,3)24-18(23)22-12-10-21(11-13-22)17-9-8-16(20)14-6-4-5-7-15(14)17/h4-9H,10-13H2,1-3H3,(H,23,24);4-9H,10-13H2,1-3H3. The SMILES string of the molecule is CC(C)(C)OC(=O)N1CCN(c2ccc(Br)c3ccccc23)CC1.CC(C)(C)OC(=O)N1CCN(c2ccc(C(=O)O)c3ccccc23)CC1. The van der Waals surface area contributed by atoms with E-state index < -0.39 is 17.2 Å². The Morgan fingerprint density at radius 3 is 1.36 bits per heavy atom. The molecule has 0 aliphatic carbocycles. The number of anilines is 2. The van der Waals surface area contributed by atoms with E-state index in [-0.39, 0.29) is 12.2 Å². The van der Waals surface area contributed by atoms with Gasteiger partial charge in [0.25, 0.3) is 0 Å². The molecule has 6 rings (SSSR count). The van der Waals surface area contributed by atoms with Crippen molar-refractivity contribution in [2.45, 2.75) is 52.7 Å². The maximum Gasteiger partial charge on any atom is 0.410 e. The monoisotopic (exact) mass is 746 g/mol. The second-order valence-corrected chi connectivity index (χ2v) is 15.4. The van der Waals surface area contributed by atoms with Crippen molar-refractivity contribution >= 4 is 67.0 Å². The van der Waals surface area contributed by atoms with Gasteiger partial charge in [-0.05, 0) is 76.6 Å². The summed E-state index contributed by atoms with van der Waals surface area (Å²) in [5, 5.41) is 13.5. The summed E-state index contributed by atoms with van der Waals surface area (Å²) in [6.45, 7) is 16.7. The van der Waals surface area contributed by atoms with Gasteiger partial charge >= 0.3 is 18.2 Å². The average molecular weight is 748 g/mol. The van der Waals surface area contributed by atoms with Crippen molar-refractivity contribution in [1.82, 2.24) is 9.80 Å². The fraction of sp³-hybridized carbons (Fsp3) is 0.410. The van der Waals surface area contributed by atoms with E-state index >= 15 is 0 Å². The van der Waals surface area contributed by atoms with Crippen LogP contribution in [0.5, 0.6) is 0 Å². The van der Waals surface area contributed by atoms with Crippen LogP contribution in [0.3, 0.4) is 0 Å². The molecule has 10 nitrogen and oxygen atoms in total. The van der Waals surface area contributed by atoms with Crippen LogP contribution in [0.25, 0.3) is 21.5 Å². The van der Waals surface area contributed by atoms with Gasteiger partial charge in [0.2, 0.25) is 0 Å². The smallest absolute Gasteiger partial charge is 0.410 e. The molecular weight excluding hydrogens is 700 g/mol. The molecule has 0 spiro atoms. The molecule has 2 amide bonds. The Balaban J connectivity index is 0.000000195. The van der Waals surface area contributed by atoms with Crippen LogP contribution < -0.4 is 9.80 Å². The number of halogens is 1. The number of rotatable bonds is 3. The molecule has 4 aromatic carbocycles. The van der Waals surface area contributed by atoms with E-state index in [0.717, 1.165) is 34.0 Å². The van der Waals surface area contributed by atoms with Crippen molar-refractivity contribution < 1.29 is 29.0 Å². The van der Waals surface area contributed by atoms with Gasteiger partial charge in [0, 0.05) is 79.0 Å². The first-order valence-electron chi connectivity index (χ1n) is 17.0. The molecule has 2 aliphatic heterocycles. The molecule has 1 N–H and O–H groups in total. The molecule has 0 atom stereocenters. The van der Waals surface area contributed by atoms with Gasteiger partial charge in [-0.1, -0.05) is 64.5 Å². The number of carboxylic acid groups (broad SMARTS) is 1. The Bertz CT molecular complexity index is 1850.